The molecule has 1 N–H and O–H groups in total. The molecule has 1 fully saturated rings. The number of alkyl halides is 1. The molecule has 1 saturated carbocycles. The van der Waals surface area contributed by atoms with E-state index in [9.17, 15) is 4.79 Å². The number of hydrogen-bond acceptors (Lipinski definition) is 1. The number of aryl methyl sites for hydroxylation is 1. The number of amides is 1. The van der Waals surface area contributed by atoms with E-state index in [0.29, 0.717) is 0 Å². The summed E-state index contributed by atoms with van der Waals surface area (Å²) < 4.78 is 0. The van der Waals surface area contributed by atoms with Crippen LogP contribution in [0, 0.1) is 19.8 Å². The number of carbonyl (C=O) groups is 1. The Morgan fingerprint density at radius 1 is 1.35 bits per heavy atom. The highest BCUT2D eigenvalue weighted by molar-refractivity contribution is 9.09. The van der Waals surface area contributed by atoms with E-state index < -0.39 is 0 Å². The Morgan fingerprint density at radius 3 is 2.60 bits per heavy atom. The maximum Gasteiger partial charge on any atom is 0.252 e. The summed E-state index contributed by atoms with van der Waals surface area (Å²) in [7, 11) is 0. The number of rotatable bonds is 3. The molecule has 0 spiro atoms. The van der Waals surface area contributed by atoms with Crippen LogP contribution in [-0.4, -0.2) is 16.8 Å². The number of halogens is 1. The first-order valence-electron chi connectivity index (χ1n) is 7.42. The van der Waals surface area contributed by atoms with E-state index in [-0.39, 0.29) is 11.4 Å². The van der Waals surface area contributed by atoms with Gasteiger partial charge in [-0.25, -0.2) is 0 Å². The van der Waals surface area contributed by atoms with Crippen molar-refractivity contribution in [2.24, 2.45) is 5.92 Å². The third-order valence-corrected chi connectivity index (χ3v) is 5.79. The number of nitrogens with one attached hydrogen (secondary N) is 1. The van der Waals surface area contributed by atoms with E-state index in [2.05, 4.69) is 41.2 Å². The second-order valence-electron chi connectivity index (χ2n) is 6.30. The normalized spacial score (nSPS) is 26.3. The fourth-order valence-corrected chi connectivity index (χ4v) is 3.61. The lowest BCUT2D eigenvalue weighted by atomic mass is 9.78. The van der Waals surface area contributed by atoms with Gasteiger partial charge in [0.25, 0.3) is 5.91 Å². The molecule has 1 aromatic carbocycles. The van der Waals surface area contributed by atoms with Crippen molar-refractivity contribution in [2.45, 2.75) is 52.0 Å². The van der Waals surface area contributed by atoms with Gasteiger partial charge in [0.05, 0.1) is 5.54 Å². The molecule has 0 radical (unpaired) electrons. The van der Waals surface area contributed by atoms with Crippen LogP contribution in [0.5, 0.6) is 0 Å². The van der Waals surface area contributed by atoms with Gasteiger partial charge in [-0.3, -0.25) is 4.79 Å². The van der Waals surface area contributed by atoms with Crippen LogP contribution in [0.2, 0.25) is 0 Å². The Bertz CT molecular complexity index is 490. The zero-order chi connectivity index (χ0) is 14.8. The summed E-state index contributed by atoms with van der Waals surface area (Å²) in [5.41, 5.74) is 2.99. The summed E-state index contributed by atoms with van der Waals surface area (Å²) in [5.74, 6) is 0.847. The molecule has 1 aliphatic carbocycles. The highest BCUT2D eigenvalue weighted by Crippen LogP contribution is 2.33. The highest BCUT2D eigenvalue weighted by Gasteiger charge is 2.35. The lowest BCUT2D eigenvalue weighted by Crippen LogP contribution is -2.52. The average molecular weight is 338 g/mol. The van der Waals surface area contributed by atoms with Gasteiger partial charge in [-0.1, -0.05) is 35.0 Å². The average Bonchev–Trinajstić information content (AvgIpc) is 2.44. The van der Waals surface area contributed by atoms with Crippen molar-refractivity contribution in [3.63, 3.8) is 0 Å². The van der Waals surface area contributed by atoms with Crippen LogP contribution in [0.4, 0.5) is 0 Å². The molecule has 1 aromatic rings. The zero-order valence-corrected chi connectivity index (χ0v) is 14.2. The quantitative estimate of drug-likeness (QED) is 0.815. The summed E-state index contributed by atoms with van der Waals surface area (Å²) in [5, 5.41) is 4.14. The number of carbonyl (C=O) groups excluding carboxylic acids is 1. The zero-order valence-electron chi connectivity index (χ0n) is 12.6. The predicted octanol–water partition coefficient (Wildman–Crippen LogP) is 4.38. The van der Waals surface area contributed by atoms with E-state index in [0.717, 1.165) is 35.2 Å². The van der Waals surface area contributed by atoms with Crippen molar-refractivity contribution in [2.75, 3.05) is 5.33 Å². The Labute approximate surface area is 130 Å². The van der Waals surface area contributed by atoms with Crippen molar-refractivity contribution in [1.82, 2.24) is 5.32 Å². The molecule has 0 atom stereocenters. The number of hydrogen-bond donors (Lipinski definition) is 1. The maximum atomic E-state index is 12.6. The summed E-state index contributed by atoms with van der Waals surface area (Å²) in [6.45, 7) is 6.37. The molecule has 1 amide bonds. The predicted molar refractivity (Wildman–Crippen MR) is 87.5 cm³/mol. The topological polar surface area (TPSA) is 29.1 Å². The SMILES string of the molecule is Cc1cccc(C(=O)NC2(CBr)CCC(C)CC2)c1C. The third-order valence-electron chi connectivity index (χ3n) is 4.72. The second-order valence-corrected chi connectivity index (χ2v) is 6.86. The second kappa shape index (κ2) is 6.30. The van der Waals surface area contributed by atoms with Gasteiger partial charge >= 0.3 is 0 Å². The molecule has 2 rings (SSSR count). The fraction of sp³-hybridized carbons (Fsp3) is 0.588. The van der Waals surface area contributed by atoms with Gasteiger partial charge in [-0.15, -0.1) is 0 Å². The third kappa shape index (κ3) is 3.25. The summed E-state index contributed by atoms with van der Waals surface area (Å²) in [6.07, 6.45) is 4.52. The summed E-state index contributed by atoms with van der Waals surface area (Å²) >= 11 is 3.61. The van der Waals surface area contributed by atoms with Crippen LogP contribution in [0.3, 0.4) is 0 Å². The molecule has 0 saturated heterocycles. The van der Waals surface area contributed by atoms with E-state index in [1.54, 1.807) is 0 Å². The lowest BCUT2D eigenvalue weighted by molar-refractivity contribution is 0.0873. The van der Waals surface area contributed by atoms with Crippen molar-refractivity contribution in [3.05, 3.63) is 34.9 Å². The van der Waals surface area contributed by atoms with Crippen molar-refractivity contribution < 1.29 is 4.79 Å². The molecular weight excluding hydrogens is 314 g/mol. The van der Waals surface area contributed by atoms with Crippen LogP contribution < -0.4 is 5.32 Å². The van der Waals surface area contributed by atoms with E-state index in [1.807, 2.05) is 19.1 Å². The Morgan fingerprint density at radius 2 is 2.00 bits per heavy atom. The minimum atomic E-state index is -0.0697. The number of benzene rings is 1. The first-order chi connectivity index (χ1) is 9.47. The van der Waals surface area contributed by atoms with E-state index >= 15 is 0 Å². The molecule has 2 nitrogen and oxygen atoms in total. The van der Waals surface area contributed by atoms with Gasteiger partial charge in [0.15, 0.2) is 0 Å². The van der Waals surface area contributed by atoms with Crippen LogP contribution in [0.25, 0.3) is 0 Å². The summed E-state index contributed by atoms with van der Waals surface area (Å²) in [6, 6.07) is 5.93. The first kappa shape index (κ1) is 15.6. The van der Waals surface area contributed by atoms with Crippen molar-refractivity contribution in [3.8, 4) is 0 Å². The van der Waals surface area contributed by atoms with Gasteiger partial charge in [0, 0.05) is 10.9 Å². The van der Waals surface area contributed by atoms with Gasteiger partial charge in [0.2, 0.25) is 0 Å². The van der Waals surface area contributed by atoms with Crippen LogP contribution in [0.15, 0.2) is 18.2 Å². The molecule has 20 heavy (non-hydrogen) atoms. The van der Waals surface area contributed by atoms with Crippen molar-refractivity contribution >= 4 is 21.8 Å². The highest BCUT2D eigenvalue weighted by atomic mass is 79.9. The lowest BCUT2D eigenvalue weighted by Gasteiger charge is -2.39. The molecular formula is C17H24BrNO. The molecule has 3 heteroatoms. The van der Waals surface area contributed by atoms with Gasteiger partial charge < -0.3 is 5.32 Å². The first-order valence-corrected chi connectivity index (χ1v) is 8.54. The molecule has 1 aliphatic rings. The largest absolute Gasteiger partial charge is 0.346 e. The Balaban J connectivity index is 2.15. The standard InChI is InChI=1S/C17H24BrNO/c1-12-7-9-17(11-18,10-8-12)19-16(20)15-6-4-5-13(2)14(15)3/h4-6,12H,7-11H2,1-3H3,(H,19,20). The van der Waals surface area contributed by atoms with E-state index in [4.69, 9.17) is 0 Å². The summed E-state index contributed by atoms with van der Waals surface area (Å²) in [4.78, 5) is 12.6. The minimum absolute atomic E-state index is 0.0696. The van der Waals surface area contributed by atoms with Crippen LogP contribution in [-0.2, 0) is 0 Å². The van der Waals surface area contributed by atoms with Crippen LogP contribution >= 0.6 is 15.9 Å². The van der Waals surface area contributed by atoms with Gasteiger partial charge in [0.1, 0.15) is 0 Å². The molecule has 0 aliphatic heterocycles. The Hall–Kier alpha value is -0.830. The van der Waals surface area contributed by atoms with Gasteiger partial charge in [-0.05, 0) is 62.6 Å². The fourth-order valence-electron chi connectivity index (χ4n) is 2.91. The monoisotopic (exact) mass is 337 g/mol. The molecule has 0 bridgehead atoms. The molecule has 0 heterocycles. The van der Waals surface area contributed by atoms with Crippen LogP contribution in [0.1, 0.15) is 54.1 Å². The minimum Gasteiger partial charge on any atom is -0.346 e. The Kier molecular flexibility index (Phi) is 4.90. The smallest absolute Gasteiger partial charge is 0.252 e. The van der Waals surface area contributed by atoms with E-state index in [1.165, 1.54) is 18.4 Å². The molecule has 110 valence electrons. The molecule has 0 unspecified atom stereocenters. The van der Waals surface area contributed by atoms with Crippen molar-refractivity contribution in [1.29, 1.82) is 0 Å². The van der Waals surface area contributed by atoms with Gasteiger partial charge in [-0.2, -0.15) is 0 Å². The molecule has 0 aromatic heterocycles. The maximum absolute atomic E-state index is 12.6.